The fourth-order valence-corrected chi connectivity index (χ4v) is 2.54. The molecule has 0 saturated carbocycles. The second-order valence-electron chi connectivity index (χ2n) is 4.91. The maximum Gasteiger partial charge on any atom is 0.125 e. The largest absolute Gasteiger partial charge is 0.496 e. The van der Waals surface area contributed by atoms with Gasteiger partial charge in [0.2, 0.25) is 0 Å². The predicted octanol–water partition coefficient (Wildman–Crippen LogP) is 4.01. The fraction of sp³-hybridized carbons (Fsp3) is 0.294. The average Bonchev–Trinajstić information content (AvgIpc) is 2.47. The Balaban J connectivity index is 2.57. The third-order valence-corrected chi connectivity index (χ3v) is 3.45. The lowest BCUT2D eigenvalue weighted by Gasteiger charge is -2.28. The minimum atomic E-state index is -0.254. The number of ether oxygens (including phenoxy) is 1. The molecule has 2 aromatic carbocycles. The van der Waals surface area contributed by atoms with Gasteiger partial charge in [0.1, 0.15) is 11.6 Å². The first kappa shape index (κ1) is 15.3. The number of nitrogens with two attached hydrogens (primary N) is 1. The molecule has 112 valence electrons. The van der Waals surface area contributed by atoms with Crippen molar-refractivity contribution < 1.29 is 9.13 Å². The SMILES string of the molecule is CCN(c1cccc(F)c1)c1cccc(OC)c1[C@H](C)N. The molecule has 0 aliphatic rings. The molecule has 2 rings (SSSR count). The Morgan fingerprint density at radius 1 is 1.24 bits per heavy atom. The van der Waals surface area contributed by atoms with Crippen molar-refractivity contribution >= 4 is 11.4 Å². The van der Waals surface area contributed by atoms with Crippen molar-refractivity contribution in [1.29, 1.82) is 0 Å². The fourth-order valence-electron chi connectivity index (χ4n) is 2.54. The van der Waals surface area contributed by atoms with E-state index < -0.39 is 0 Å². The Labute approximate surface area is 125 Å². The van der Waals surface area contributed by atoms with Gasteiger partial charge in [-0.05, 0) is 44.2 Å². The monoisotopic (exact) mass is 288 g/mol. The molecule has 1 atom stereocenters. The number of nitrogens with zero attached hydrogens (tertiary/aromatic N) is 1. The number of rotatable bonds is 5. The van der Waals surface area contributed by atoms with Gasteiger partial charge in [-0.3, -0.25) is 0 Å². The summed E-state index contributed by atoms with van der Waals surface area (Å²) in [6.45, 7) is 4.65. The standard InChI is InChI=1S/C17H21FN2O/c1-4-20(14-8-5-7-13(18)11-14)15-9-6-10-16(21-3)17(15)12(2)19/h5-12H,4,19H2,1-3H3/t12-/m0/s1. The van der Waals surface area contributed by atoms with E-state index in [1.807, 2.05) is 43.0 Å². The summed E-state index contributed by atoms with van der Waals surface area (Å²) in [5, 5.41) is 0. The molecule has 4 heteroatoms. The highest BCUT2D eigenvalue weighted by Gasteiger charge is 2.18. The Morgan fingerprint density at radius 2 is 1.95 bits per heavy atom. The van der Waals surface area contributed by atoms with E-state index in [2.05, 4.69) is 0 Å². The first-order valence-corrected chi connectivity index (χ1v) is 7.04. The van der Waals surface area contributed by atoms with E-state index in [0.29, 0.717) is 6.54 Å². The van der Waals surface area contributed by atoms with Gasteiger partial charge in [-0.2, -0.15) is 0 Å². The highest BCUT2D eigenvalue weighted by Crippen LogP contribution is 2.37. The first-order valence-electron chi connectivity index (χ1n) is 7.04. The number of methoxy groups -OCH3 is 1. The van der Waals surface area contributed by atoms with E-state index in [0.717, 1.165) is 22.7 Å². The van der Waals surface area contributed by atoms with Gasteiger partial charge in [0, 0.05) is 29.5 Å². The van der Waals surface area contributed by atoms with Crippen LogP contribution in [0.25, 0.3) is 0 Å². The molecule has 0 bridgehead atoms. The molecule has 3 nitrogen and oxygen atoms in total. The number of hydrogen-bond donors (Lipinski definition) is 1. The van der Waals surface area contributed by atoms with Crippen molar-refractivity contribution in [2.24, 2.45) is 5.73 Å². The Kier molecular flexibility index (Phi) is 4.81. The molecular weight excluding hydrogens is 267 g/mol. The third-order valence-electron chi connectivity index (χ3n) is 3.45. The molecule has 0 aliphatic heterocycles. The summed E-state index contributed by atoms with van der Waals surface area (Å²) < 4.78 is 18.9. The Bertz CT molecular complexity index is 613. The van der Waals surface area contributed by atoms with E-state index >= 15 is 0 Å². The molecule has 0 saturated heterocycles. The van der Waals surface area contributed by atoms with Crippen LogP contribution in [0.2, 0.25) is 0 Å². The molecule has 2 aromatic rings. The van der Waals surface area contributed by atoms with Gasteiger partial charge in [-0.15, -0.1) is 0 Å². The minimum absolute atomic E-state index is 0.182. The summed E-state index contributed by atoms with van der Waals surface area (Å²) >= 11 is 0. The van der Waals surface area contributed by atoms with Crippen LogP contribution in [-0.4, -0.2) is 13.7 Å². The highest BCUT2D eigenvalue weighted by molar-refractivity contribution is 5.69. The summed E-state index contributed by atoms with van der Waals surface area (Å²) in [6.07, 6.45) is 0. The van der Waals surface area contributed by atoms with Crippen LogP contribution in [0, 0.1) is 5.82 Å². The van der Waals surface area contributed by atoms with E-state index in [1.165, 1.54) is 12.1 Å². The van der Waals surface area contributed by atoms with Gasteiger partial charge in [0.25, 0.3) is 0 Å². The summed E-state index contributed by atoms with van der Waals surface area (Å²) in [5.41, 5.74) is 8.77. The quantitative estimate of drug-likeness (QED) is 0.903. The van der Waals surface area contributed by atoms with Crippen molar-refractivity contribution in [2.75, 3.05) is 18.6 Å². The topological polar surface area (TPSA) is 38.5 Å². The van der Waals surface area contributed by atoms with Gasteiger partial charge >= 0.3 is 0 Å². The van der Waals surface area contributed by atoms with Crippen molar-refractivity contribution in [3.05, 3.63) is 53.8 Å². The minimum Gasteiger partial charge on any atom is -0.496 e. The molecule has 0 unspecified atom stereocenters. The summed E-state index contributed by atoms with van der Waals surface area (Å²) in [5.74, 6) is 0.494. The van der Waals surface area contributed by atoms with E-state index in [4.69, 9.17) is 10.5 Å². The number of benzene rings is 2. The number of halogens is 1. The zero-order chi connectivity index (χ0) is 15.4. The first-order chi connectivity index (χ1) is 10.1. The van der Waals surface area contributed by atoms with E-state index in [1.54, 1.807) is 13.2 Å². The zero-order valence-corrected chi connectivity index (χ0v) is 12.6. The van der Waals surface area contributed by atoms with Crippen molar-refractivity contribution in [3.63, 3.8) is 0 Å². The van der Waals surface area contributed by atoms with Crippen molar-refractivity contribution in [2.45, 2.75) is 19.9 Å². The van der Waals surface area contributed by atoms with Crippen LogP contribution >= 0.6 is 0 Å². The Hall–Kier alpha value is -2.07. The molecule has 0 aliphatic carbocycles. The number of hydrogen-bond acceptors (Lipinski definition) is 3. The van der Waals surface area contributed by atoms with E-state index in [9.17, 15) is 4.39 Å². The molecule has 0 spiro atoms. The van der Waals surface area contributed by atoms with E-state index in [-0.39, 0.29) is 11.9 Å². The molecule has 0 fully saturated rings. The van der Waals surface area contributed by atoms with Crippen LogP contribution in [0.5, 0.6) is 5.75 Å². The highest BCUT2D eigenvalue weighted by atomic mass is 19.1. The predicted molar refractivity (Wildman–Crippen MR) is 84.7 cm³/mol. The van der Waals surface area contributed by atoms with Crippen LogP contribution in [-0.2, 0) is 0 Å². The van der Waals surface area contributed by atoms with Gasteiger partial charge in [0.15, 0.2) is 0 Å². The molecule has 2 N–H and O–H groups in total. The van der Waals surface area contributed by atoms with Crippen LogP contribution < -0.4 is 15.4 Å². The second-order valence-corrected chi connectivity index (χ2v) is 4.91. The molecule has 0 aromatic heterocycles. The average molecular weight is 288 g/mol. The maximum absolute atomic E-state index is 13.5. The van der Waals surface area contributed by atoms with Gasteiger partial charge in [0.05, 0.1) is 7.11 Å². The zero-order valence-electron chi connectivity index (χ0n) is 12.6. The van der Waals surface area contributed by atoms with Crippen LogP contribution in [0.1, 0.15) is 25.5 Å². The smallest absolute Gasteiger partial charge is 0.125 e. The molecule has 0 heterocycles. The molecular formula is C17H21FN2O. The second kappa shape index (κ2) is 6.59. The van der Waals surface area contributed by atoms with Gasteiger partial charge in [-0.25, -0.2) is 4.39 Å². The summed E-state index contributed by atoms with van der Waals surface area (Å²) in [7, 11) is 1.63. The third kappa shape index (κ3) is 3.16. The van der Waals surface area contributed by atoms with Crippen LogP contribution in [0.4, 0.5) is 15.8 Å². The lowest BCUT2D eigenvalue weighted by atomic mass is 10.0. The van der Waals surface area contributed by atoms with Crippen molar-refractivity contribution in [1.82, 2.24) is 0 Å². The lowest BCUT2D eigenvalue weighted by molar-refractivity contribution is 0.407. The molecule has 21 heavy (non-hydrogen) atoms. The van der Waals surface area contributed by atoms with Crippen molar-refractivity contribution in [3.8, 4) is 5.75 Å². The lowest BCUT2D eigenvalue weighted by Crippen LogP contribution is -2.20. The summed E-state index contributed by atoms with van der Waals surface area (Å²) in [4.78, 5) is 2.03. The van der Waals surface area contributed by atoms with Crippen LogP contribution in [0.15, 0.2) is 42.5 Å². The summed E-state index contributed by atoms with van der Waals surface area (Å²) in [6, 6.07) is 12.2. The Morgan fingerprint density at radius 3 is 2.52 bits per heavy atom. The van der Waals surface area contributed by atoms with Gasteiger partial charge < -0.3 is 15.4 Å². The van der Waals surface area contributed by atoms with Crippen LogP contribution in [0.3, 0.4) is 0 Å². The van der Waals surface area contributed by atoms with Gasteiger partial charge in [-0.1, -0.05) is 12.1 Å². The normalized spacial score (nSPS) is 12.0. The maximum atomic E-state index is 13.5. The molecule has 0 amide bonds. The molecule has 0 radical (unpaired) electrons. The number of anilines is 2.